The fourth-order valence-corrected chi connectivity index (χ4v) is 1.60. The Morgan fingerprint density at radius 1 is 1.17 bits per heavy atom. The summed E-state index contributed by atoms with van der Waals surface area (Å²) < 4.78 is 0. The molecule has 0 aromatic heterocycles. The summed E-state index contributed by atoms with van der Waals surface area (Å²) in [6, 6.07) is 3.14. The Bertz CT molecular complexity index is 555. The molecule has 0 spiro atoms. The van der Waals surface area contributed by atoms with Crippen LogP contribution >= 0.6 is 12.2 Å². The summed E-state index contributed by atoms with van der Waals surface area (Å²) in [4.78, 5) is 24.8. The first-order chi connectivity index (χ1) is 8.49. The van der Waals surface area contributed by atoms with Crippen LogP contribution in [0.3, 0.4) is 0 Å². The van der Waals surface area contributed by atoms with Gasteiger partial charge >= 0.3 is 0 Å². The minimum atomic E-state index is -0.904. The van der Waals surface area contributed by atoms with Gasteiger partial charge in [-0.2, -0.15) is 0 Å². The van der Waals surface area contributed by atoms with E-state index in [1.165, 1.54) is 0 Å². The Kier molecular flexibility index (Phi) is 2.93. The Morgan fingerprint density at radius 2 is 1.72 bits per heavy atom. The molecule has 1 aliphatic rings. The van der Waals surface area contributed by atoms with Crippen LogP contribution < -0.4 is 0 Å². The van der Waals surface area contributed by atoms with E-state index in [-0.39, 0.29) is 10.6 Å². The quantitative estimate of drug-likeness (QED) is 0.471. The van der Waals surface area contributed by atoms with Crippen LogP contribution in [0, 0.1) is 20.2 Å². The van der Waals surface area contributed by atoms with Gasteiger partial charge in [0.15, 0.2) is 4.99 Å². The molecule has 1 aromatic rings. The molecule has 0 bridgehead atoms. The van der Waals surface area contributed by atoms with Crippen LogP contribution in [0.1, 0.15) is 11.7 Å². The standard InChI is InChI=1S/C8H4N4O5S/c13-11(14)5-1-4(2-6(3-5)12(15)16)7-8(18)9-10-17-7/h1-3,7H. The first-order valence-electron chi connectivity index (χ1n) is 4.53. The fourth-order valence-electron chi connectivity index (χ4n) is 1.39. The van der Waals surface area contributed by atoms with Crippen LogP contribution in [0.15, 0.2) is 28.6 Å². The van der Waals surface area contributed by atoms with Gasteiger partial charge in [0, 0.05) is 23.0 Å². The van der Waals surface area contributed by atoms with E-state index in [4.69, 9.17) is 17.1 Å². The maximum Gasteiger partial charge on any atom is 0.276 e. The molecular weight excluding hydrogens is 264 g/mol. The van der Waals surface area contributed by atoms with Gasteiger partial charge in [-0.05, 0) is 0 Å². The molecule has 1 heterocycles. The summed E-state index contributed by atoms with van der Waals surface area (Å²) in [5, 5.41) is 28.0. The smallest absolute Gasteiger partial charge is 0.276 e. The van der Waals surface area contributed by atoms with Crippen molar-refractivity contribution in [2.24, 2.45) is 10.4 Å². The van der Waals surface area contributed by atoms with Gasteiger partial charge in [-0.15, -0.1) is 5.11 Å². The molecule has 1 atom stereocenters. The highest BCUT2D eigenvalue weighted by Crippen LogP contribution is 2.31. The molecule has 0 amide bonds. The predicted octanol–water partition coefficient (Wildman–Crippen LogP) is 2.27. The molecule has 9 nitrogen and oxygen atoms in total. The molecule has 2 rings (SSSR count). The maximum atomic E-state index is 10.7. The van der Waals surface area contributed by atoms with Crippen molar-refractivity contribution in [3.05, 3.63) is 44.0 Å². The first-order valence-corrected chi connectivity index (χ1v) is 4.94. The van der Waals surface area contributed by atoms with Gasteiger partial charge in [-0.1, -0.05) is 12.2 Å². The highest BCUT2D eigenvalue weighted by atomic mass is 32.1. The van der Waals surface area contributed by atoms with Crippen molar-refractivity contribution in [2.75, 3.05) is 0 Å². The zero-order valence-electron chi connectivity index (χ0n) is 8.55. The van der Waals surface area contributed by atoms with Crippen LogP contribution in [-0.4, -0.2) is 14.8 Å². The number of nitro benzene ring substituents is 2. The SMILES string of the molecule is O=[N+]([O-])c1cc(C2ON=NC2=S)cc([N+](=O)[O-])c1. The minimum absolute atomic E-state index is 0.0600. The number of benzene rings is 1. The summed E-state index contributed by atoms with van der Waals surface area (Å²) in [5.74, 6) is 0. The highest BCUT2D eigenvalue weighted by molar-refractivity contribution is 7.80. The van der Waals surface area contributed by atoms with Crippen molar-refractivity contribution in [2.45, 2.75) is 6.10 Å². The third kappa shape index (κ3) is 2.13. The molecule has 0 radical (unpaired) electrons. The first kappa shape index (κ1) is 12.0. The topological polar surface area (TPSA) is 120 Å². The minimum Gasteiger partial charge on any atom is -0.363 e. The average Bonchev–Trinajstić information content (AvgIpc) is 2.74. The van der Waals surface area contributed by atoms with Crippen molar-refractivity contribution < 1.29 is 14.7 Å². The summed E-state index contributed by atoms with van der Waals surface area (Å²) >= 11 is 4.82. The number of thiocarbonyl (C=S) groups is 1. The Labute approximate surface area is 104 Å². The van der Waals surface area contributed by atoms with Crippen molar-refractivity contribution in [3.8, 4) is 0 Å². The van der Waals surface area contributed by atoms with E-state index in [1.54, 1.807) is 0 Å². The summed E-state index contributed by atoms with van der Waals surface area (Å²) in [7, 11) is 0. The van der Waals surface area contributed by atoms with Crippen LogP contribution in [0.25, 0.3) is 0 Å². The van der Waals surface area contributed by atoms with E-state index in [0.717, 1.165) is 18.2 Å². The molecule has 0 N–H and O–H groups in total. The molecule has 10 heteroatoms. The van der Waals surface area contributed by atoms with E-state index in [9.17, 15) is 20.2 Å². The second kappa shape index (κ2) is 4.41. The molecule has 18 heavy (non-hydrogen) atoms. The summed E-state index contributed by atoms with van der Waals surface area (Å²) in [6.45, 7) is 0. The molecular formula is C8H4N4O5S. The van der Waals surface area contributed by atoms with Crippen LogP contribution in [0.5, 0.6) is 0 Å². The zero-order valence-corrected chi connectivity index (χ0v) is 9.36. The van der Waals surface area contributed by atoms with Crippen molar-refractivity contribution in [1.82, 2.24) is 0 Å². The van der Waals surface area contributed by atoms with Crippen molar-refractivity contribution in [3.63, 3.8) is 0 Å². The molecule has 1 aliphatic heterocycles. The predicted molar refractivity (Wildman–Crippen MR) is 61.0 cm³/mol. The molecule has 0 fully saturated rings. The second-order valence-electron chi connectivity index (χ2n) is 3.30. The van der Waals surface area contributed by atoms with Crippen molar-refractivity contribution >= 4 is 28.6 Å². The second-order valence-corrected chi connectivity index (χ2v) is 3.72. The monoisotopic (exact) mass is 268 g/mol. The van der Waals surface area contributed by atoms with Gasteiger partial charge in [-0.25, -0.2) is 0 Å². The highest BCUT2D eigenvalue weighted by Gasteiger charge is 2.28. The van der Waals surface area contributed by atoms with E-state index in [2.05, 4.69) is 10.4 Å². The summed E-state index contributed by atoms with van der Waals surface area (Å²) in [6.07, 6.45) is -0.904. The Morgan fingerprint density at radius 3 is 2.11 bits per heavy atom. The number of nitro groups is 2. The van der Waals surface area contributed by atoms with E-state index < -0.39 is 27.3 Å². The molecule has 0 saturated heterocycles. The van der Waals surface area contributed by atoms with Crippen molar-refractivity contribution in [1.29, 1.82) is 0 Å². The van der Waals surface area contributed by atoms with Crippen LogP contribution in [0.4, 0.5) is 11.4 Å². The number of nitrogens with zero attached hydrogens (tertiary/aromatic N) is 4. The van der Waals surface area contributed by atoms with E-state index in [0.29, 0.717) is 0 Å². The van der Waals surface area contributed by atoms with Gasteiger partial charge < -0.3 is 4.84 Å². The number of rotatable bonds is 3. The van der Waals surface area contributed by atoms with Gasteiger partial charge in [0.1, 0.15) is 0 Å². The molecule has 1 unspecified atom stereocenters. The van der Waals surface area contributed by atoms with Crippen LogP contribution in [-0.2, 0) is 4.84 Å². The largest absolute Gasteiger partial charge is 0.363 e. The van der Waals surface area contributed by atoms with Gasteiger partial charge in [0.2, 0.25) is 6.10 Å². The van der Waals surface area contributed by atoms with Crippen LogP contribution in [0.2, 0.25) is 0 Å². The molecule has 92 valence electrons. The lowest BCUT2D eigenvalue weighted by Crippen LogP contribution is -2.06. The number of hydrogen-bond acceptors (Lipinski definition) is 7. The number of hydrogen-bond donors (Lipinski definition) is 0. The van der Waals surface area contributed by atoms with Gasteiger partial charge in [0.25, 0.3) is 11.4 Å². The molecule has 0 aliphatic carbocycles. The molecule has 1 aromatic carbocycles. The normalized spacial score (nSPS) is 17.6. The Hall–Kier alpha value is -2.49. The zero-order chi connectivity index (χ0) is 13.3. The van der Waals surface area contributed by atoms with Gasteiger partial charge in [-0.3, -0.25) is 20.2 Å². The third-order valence-corrected chi connectivity index (χ3v) is 2.46. The fraction of sp³-hybridized carbons (Fsp3) is 0.125. The van der Waals surface area contributed by atoms with Gasteiger partial charge in [0.05, 0.1) is 15.9 Å². The lowest BCUT2D eigenvalue weighted by atomic mass is 10.1. The third-order valence-electron chi connectivity index (χ3n) is 2.17. The van der Waals surface area contributed by atoms with E-state index in [1.807, 2.05) is 0 Å². The lowest BCUT2D eigenvalue weighted by Gasteiger charge is -2.06. The molecule has 0 saturated carbocycles. The maximum absolute atomic E-state index is 10.7. The average molecular weight is 268 g/mol. The Balaban J connectivity index is 2.50. The number of non-ortho nitro benzene ring substituents is 2. The lowest BCUT2D eigenvalue weighted by molar-refractivity contribution is -0.394. The summed E-state index contributed by atoms with van der Waals surface area (Å²) in [5.41, 5.74) is -0.666. The van der Waals surface area contributed by atoms with E-state index >= 15 is 0 Å².